The summed E-state index contributed by atoms with van der Waals surface area (Å²) in [6.07, 6.45) is 15.5. The average Bonchev–Trinajstić information content (AvgIpc) is 3.37. The molecule has 6 atom stereocenters. The van der Waals surface area contributed by atoms with Crippen molar-refractivity contribution in [2.75, 3.05) is 6.61 Å². The fourth-order valence-electron chi connectivity index (χ4n) is 8.87. The van der Waals surface area contributed by atoms with Crippen LogP contribution in [-0.4, -0.2) is 23.6 Å². The van der Waals surface area contributed by atoms with Crippen molar-refractivity contribution in [3.8, 4) is 0 Å². The smallest absolute Gasteiger partial charge is 0.172 e. The summed E-state index contributed by atoms with van der Waals surface area (Å²) >= 11 is 0. The summed E-state index contributed by atoms with van der Waals surface area (Å²) in [5, 5.41) is 13.4. The van der Waals surface area contributed by atoms with Gasteiger partial charge in [-0.25, -0.2) is 4.74 Å². The molecule has 3 fully saturated rings. The Bertz CT molecular complexity index is 888. The third kappa shape index (κ3) is 3.22. The van der Waals surface area contributed by atoms with E-state index < -0.39 is 0 Å². The van der Waals surface area contributed by atoms with Gasteiger partial charge in [-0.1, -0.05) is 55.3 Å². The number of rotatable bonds is 9. The fraction of sp³-hybridized carbons (Fsp3) is 0.690. The molecule has 3 nitrogen and oxygen atoms in total. The van der Waals surface area contributed by atoms with E-state index in [1.807, 2.05) is 6.07 Å². The lowest BCUT2D eigenvalue weighted by molar-refractivity contribution is -0.561. The van der Waals surface area contributed by atoms with Crippen LogP contribution < -0.4 is 0 Å². The Kier molecular flexibility index (Phi) is 5.76. The molecular weight excluding hydrogens is 394 g/mol. The normalized spacial score (nSPS) is 39.1. The van der Waals surface area contributed by atoms with Crippen LogP contribution in [0.2, 0.25) is 0 Å². The second-order valence-corrected chi connectivity index (χ2v) is 11.7. The minimum Gasteiger partial charge on any atom is -0.624 e. The Morgan fingerprint density at radius 2 is 1.97 bits per heavy atom. The molecule has 0 amide bonds. The van der Waals surface area contributed by atoms with Crippen molar-refractivity contribution in [1.29, 1.82) is 0 Å². The summed E-state index contributed by atoms with van der Waals surface area (Å²) in [5.74, 6) is 1.24. The van der Waals surface area contributed by atoms with Crippen LogP contribution >= 0.6 is 0 Å². The molecule has 1 unspecified atom stereocenters. The van der Waals surface area contributed by atoms with Gasteiger partial charge in [0.2, 0.25) is 0 Å². The highest BCUT2D eigenvalue weighted by Crippen LogP contribution is 2.77. The first-order chi connectivity index (χ1) is 15.4. The Morgan fingerprint density at radius 1 is 1.16 bits per heavy atom. The minimum atomic E-state index is 0.0345. The molecule has 32 heavy (non-hydrogen) atoms. The van der Waals surface area contributed by atoms with E-state index in [-0.39, 0.29) is 16.9 Å². The minimum absolute atomic E-state index is 0.0345. The maximum absolute atomic E-state index is 13.4. The van der Waals surface area contributed by atoms with Gasteiger partial charge >= 0.3 is 0 Å². The Balaban J connectivity index is 1.38. The number of hydrogen-bond donors (Lipinski definition) is 0. The summed E-state index contributed by atoms with van der Waals surface area (Å²) in [7, 11) is 0. The molecule has 3 saturated carbocycles. The molecule has 1 aromatic rings. The number of hydroxylamine groups is 1. The van der Waals surface area contributed by atoms with Gasteiger partial charge in [0.05, 0.1) is 12.0 Å². The second-order valence-electron chi connectivity index (χ2n) is 11.7. The zero-order valence-electron chi connectivity index (χ0n) is 20.3. The molecule has 0 aromatic heterocycles. The van der Waals surface area contributed by atoms with E-state index in [1.54, 1.807) is 0 Å². The molecule has 1 spiro atoms. The molecule has 3 heteroatoms. The van der Waals surface area contributed by atoms with Crippen LogP contribution in [0.4, 0.5) is 0 Å². The molecule has 174 valence electrons. The predicted molar refractivity (Wildman–Crippen MR) is 131 cm³/mol. The van der Waals surface area contributed by atoms with Crippen LogP contribution in [0.1, 0.15) is 84.1 Å². The van der Waals surface area contributed by atoms with Crippen LogP contribution in [0.25, 0.3) is 0 Å². The Labute approximate surface area is 194 Å². The van der Waals surface area contributed by atoms with Gasteiger partial charge in [-0.05, 0) is 82.1 Å². The van der Waals surface area contributed by atoms with Gasteiger partial charge in [0.25, 0.3) is 0 Å². The van der Waals surface area contributed by atoms with E-state index in [2.05, 4.69) is 57.3 Å². The molecule has 0 N–H and O–H groups in total. The van der Waals surface area contributed by atoms with Gasteiger partial charge < -0.3 is 9.94 Å². The Morgan fingerprint density at radius 3 is 2.75 bits per heavy atom. The van der Waals surface area contributed by atoms with Gasteiger partial charge in [-0.3, -0.25) is 0 Å². The van der Waals surface area contributed by atoms with E-state index in [0.29, 0.717) is 23.9 Å². The van der Waals surface area contributed by atoms with Crippen LogP contribution in [0.5, 0.6) is 0 Å². The topological polar surface area (TPSA) is 35.3 Å². The van der Waals surface area contributed by atoms with Crippen LogP contribution in [-0.2, 0) is 11.3 Å². The van der Waals surface area contributed by atoms with Gasteiger partial charge in [0, 0.05) is 17.9 Å². The van der Waals surface area contributed by atoms with Crippen LogP contribution in [0.15, 0.2) is 42.0 Å². The SMILES string of the molecule is CC(C)=CCC[C@@]1(C)C2CC[C@]34CCC[C@H]3[C@@]1(CCCOCc1ccccc1)C=[N+]([O-])[C@H]24. The lowest BCUT2D eigenvalue weighted by Crippen LogP contribution is -2.69. The molecular formula is C29H41NO2. The molecule has 2 aliphatic heterocycles. The van der Waals surface area contributed by atoms with Crippen LogP contribution in [0.3, 0.4) is 0 Å². The van der Waals surface area contributed by atoms with Gasteiger partial charge in [-0.15, -0.1) is 0 Å². The molecule has 4 bridgehead atoms. The maximum atomic E-state index is 13.4. The average molecular weight is 436 g/mol. The highest BCUT2D eigenvalue weighted by molar-refractivity contribution is 5.67. The Hall–Kier alpha value is -1.61. The van der Waals surface area contributed by atoms with Gasteiger partial charge in [-0.2, -0.15) is 0 Å². The zero-order chi connectivity index (χ0) is 22.4. The lowest BCUT2D eigenvalue weighted by atomic mass is 9.40. The molecule has 2 heterocycles. The summed E-state index contributed by atoms with van der Waals surface area (Å²) in [4.78, 5) is 0. The van der Waals surface area contributed by atoms with Gasteiger partial charge in [0.15, 0.2) is 12.3 Å². The zero-order valence-corrected chi connectivity index (χ0v) is 20.3. The van der Waals surface area contributed by atoms with Crippen molar-refractivity contribution in [2.45, 2.75) is 91.2 Å². The van der Waals surface area contributed by atoms with Crippen molar-refractivity contribution >= 4 is 6.21 Å². The third-order valence-electron chi connectivity index (χ3n) is 10.1. The van der Waals surface area contributed by atoms with Crippen molar-refractivity contribution in [3.63, 3.8) is 0 Å². The van der Waals surface area contributed by atoms with Gasteiger partial charge in [0.1, 0.15) is 0 Å². The quantitative estimate of drug-likeness (QED) is 0.183. The first-order valence-electron chi connectivity index (χ1n) is 13.0. The number of hydrogen-bond acceptors (Lipinski definition) is 2. The number of ether oxygens (including phenoxy) is 1. The van der Waals surface area contributed by atoms with Crippen molar-refractivity contribution in [2.24, 2.45) is 28.1 Å². The maximum Gasteiger partial charge on any atom is 0.172 e. The van der Waals surface area contributed by atoms with E-state index in [0.717, 1.165) is 25.9 Å². The highest BCUT2D eigenvalue weighted by Gasteiger charge is 2.78. The fourth-order valence-corrected chi connectivity index (χ4v) is 8.87. The van der Waals surface area contributed by atoms with E-state index in [9.17, 15) is 5.21 Å². The van der Waals surface area contributed by atoms with E-state index in [1.165, 1.54) is 54.4 Å². The molecule has 3 aliphatic carbocycles. The van der Waals surface area contributed by atoms with E-state index in [4.69, 9.17) is 4.74 Å². The summed E-state index contributed by atoms with van der Waals surface area (Å²) < 4.78 is 7.55. The number of allylic oxidation sites excluding steroid dienone is 2. The molecule has 5 aliphatic rings. The number of nitrogens with zero attached hydrogens (tertiary/aromatic N) is 1. The summed E-state index contributed by atoms with van der Waals surface area (Å²) in [6, 6.07) is 10.7. The summed E-state index contributed by atoms with van der Waals surface area (Å²) in [5.41, 5.74) is 3.20. The summed E-state index contributed by atoms with van der Waals surface area (Å²) in [6.45, 7) is 8.43. The van der Waals surface area contributed by atoms with Crippen molar-refractivity contribution < 1.29 is 9.48 Å². The first kappa shape index (κ1) is 22.2. The van der Waals surface area contributed by atoms with E-state index >= 15 is 0 Å². The van der Waals surface area contributed by atoms with Crippen LogP contribution in [0, 0.1) is 33.3 Å². The molecule has 1 aromatic carbocycles. The molecule has 0 saturated heterocycles. The lowest BCUT2D eigenvalue weighted by Gasteiger charge is -2.64. The number of benzene rings is 1. The van der Waals surface area contributed by atoms with Crippen molar-refractivity contribution in [1.82, 2.24) is 0 Å². The molecule has 0 radical (unpaired) electrons. The third-order valence-corrected chi connectivity index (χ3v) is 10.1. The van der Waals surface area contributed by atoms with Crippen molar-refractivity contribution in [3.05, 3.63) is 52.8 Å². The highest BCUT2D eigenvalue weighted by atomic mass is 16.5. The predicted octanol–water partition coefficient (Wildman–Crippen LogP) is 6.90. The standard InChI is InChI=1S/C29H41NO2/c1-22(2)10-7-15-27(3)24-14-18-28-16-8-13-25(28)29(27,21-30(31)26(24)28)17-9-19-32-20-23-11-5-4-6-12-23/h4-6,10-12,21,24-26H,7-9,13-20H2,1-3H3/t24?,25-,26-,27+,28-,29-/m1/s1. The first-order valence-corrected chi connectivity index (χ1v) is 13.0. The second kappa shape index (κ2) is 8.31. The monoisotopic (exact) mass is 435 g/mol. The molecule has 6 rings (SSSR count). The largest absolute Gasteiger partial charge is 0.624 e.